The Kier molecular flexibility index (Phi) is 4.78. The molecule has 0 spiro atoms. The van der Waals surface area contributed by atoms with Gasteiger partial charge in [-0.25, -0.2) is 4.39 Å². The van der Waals surface area contributed by atoms with E-state index in [0.29, 0.717) is 11.4 Å². The number of nitrogens with zero attached hydrogens (tertiary/aromatic N) is 1. The minimum atomic E-state index is -0.519. The first-order valence-corrected chi connectivity index (χ1v) is 8.26. The monoisotopic (exact) mass is 410 g/mol. The molecule has 1 aliphatic rings. The van der Waals surface area contributed by atoms with Crippen molar-refractivity contribution in [3.8, 4) is 0 Å². The Morgan fingerprint density at radius 2 is 2.00 bits per heavy atom. The van der Waals surface area contributed by atoms with E-state index in [-0.39, 0.29) is 23.1 Å². The van der Waals surface area contributed by atoms with Gasteiger partial charge in [0.15, 0.2) is 6.73 Å². The van der Waals surface area contributed by atoms with Gasteiger partial charge in [-0.3, -0.25) is 9.69 Å². The normalized spacial score (nSPS) is 13.9. The zero-order valence-corrected chi connectivity index (χ0v) is 15.0. The smallest absolute Gasteiger partial charge is 0.275 e. The number of halogens is 3. The molecule has 3 rings (SSSR count). The summed E-state index contributed by atoms with van der Waals surface area (Å²) in [6.07, 6.45) is 0. The van der Waals surface area contributed by atoms with Crippen molar-refractivity contribution in [2.24, 2.45) is 0 Å². The maximum Gasteiger partial charge on any atom is 0.275 e. The average Bonchev–Trinajstić information content (AvgIpc) is 2.91. The highest BCUT2D eigenvalue weighted by atomic mass is 79.9. The summed E-state index contributed by atoms with van der Waals surface area (Å²) in [5, 5.41) is 2.99. The van der Waals surface area contributed by atoms with Gasteiger partial charge in [-0.05, 0) is 43.3 Å². The highest BCUT2D eigenvalue weighted by molar-refractivity contribution is 9.10. The number of anilines is 2. The third kappa shape index (κ3) is 3.25. The first-order valence-electron chi connectivity index (χ1n) is 7.09. The SMILES string of the molecule is CC1=C(C(=O)Nc2ccc(Br)cc2)N(c2c(F)cccc2Cl)CO1. The summed E-state index contributed by atoms with van der Waals surface area (Å²) >= 11 is 9.45. The highest BCUT2D eigenvalue weighted by Gasteiger charge is 2.31. The summed E-state index contributed by atoms with van der Waals surface area (Å²) in [6.45, 7) is 1.68. The lowest BCUT2D eigenvalue weighted by molar-refractivity contribution is -0.112. The van der Waals surface area contributed by atoms with Crippen molar-refractivity contribution in [3.05, 3.63) is 69.2 Å². The predicted octanol–water partition coefficient (Wildman–Crippen LogP) is 4.91. The van der Waals surface area contributed by atoms with E-state index in [4.69, 9.17) is 16.3 Å². The zero-order valence-electron chi connectivity index (χ0n) is 12.6. The van der Waals surface area contributed by atoms with Gasteiger partial charge in [0.25, 0.3) is 5.91 Å². The number of carbonyl (C=O) groups is 1. The number of nitrogens with one attached hydrogen (secondary N) is 1. The molecule has 1 aliphatic heterocycles. The topological polar surface area (TPSA) is 41.6 Å². The van der Waals surface area contributed by atoms with E-state index in [9.17, 15) is 9.18 Å². The van der Waals surface area contributed by atoms with Crippen LogP contribution in [0.3, 0.4) is 0 Å². The van der Waals surface area contributed by atoms with Crippen LogP contribution >= 0.6 is 27.5 Å². The summed E-state index contributed by atoms with van der Waals surface area (Å²) in [5.41, 5.74) is 0.969. The van der Waals surface area contributed by atoms with E-state index >= 15 is 0 Å². The molecule has 0 bridgehead atoms. The average molecular weight is 412 g/mol. The minimum absolute atomic E-state index is 0.0234. The number of benzene rings is 2. The molecule has 2 aromatic carbocycles. The molecule has 1 N–H and O–H groups in total. The molecule has 1 amide bonds. The molecule has 0 saturated heterocycles. The Labute approximate surface area is 152 Å². The van der Waals surface area contributed by atoms with Gasteiger partial charge < -0.3 is 10.1 Å². The molecule has 7 heteroatoms. The molecule has 0 fully saturated rings. The van der Waals surface area contributed by atoms with Crippen LogP contribution in [0, 0.1) is 5.82 Å². The number of para-hydroxylation sites is 1. The van der Waals surface area contributed by atoms with Crippen LogP contribution in [-0.2, 0) is 9.53 Å². The molecular formula is C17H13BrClFN2O2. The number of ether oxygens (including phenoxy) is 1. The second-order valence-electron chi connectivity index (χ2n) is 5.14. The molecule has 0 aromatic heterocycles. The van der Waals surface area contributed by atoms with Gasteiger partial charge in [-0.15, -0.1) is 0 Å². The number of hydrogen-bond donors (Lipinski definition) is 1. The van der Waals surface area contributed by atoms with Crippen molar-refractivity contribution < 1.29 is 13.9 Å². The lowest BCUT2D eigenvalue weighted by Crippen LogP contribution is -2.29. The van der Waals surface area contributed by atoms with E-state index in [0.717, 1.165) is 4.47 Å². The number of rotatable bonds is 3. The van der Waals surface area contributed by atoms with Crippen molar-refractivity contribution in [3.63, 3.8) is 0 Å². The lowest BCUT2D eigenvalue weighted by Gasteiger charge is -2.21. The molecule has 24 heavy (non-hydrogen) atoms. The summed E-state index contributed by atoms with van der Waals surface area (Å²) < 4.78 is 20.5. The van der Waals surface area contributed by atoms with E-state index in [1.165, 1.54) is 17.0 Å². The Hall–Kier alpha value is -2.05. The lowest BCUT2D eigenvalue weighted by atomic mass is 10.2. The largest absolute Gasteiger partial charge is 0.475 e. The zero-order chi connectivity index (χ0) is 17.3. The molecule has 2 aromatic rings. The van der Waals surface area contributed by atoms with Crippen molar-refractivity contribution in [2.75, 3.05) is 16.9 Å². The fourth-order valence-corrected chi connectivity index (χ4v) is 2.94. The molecule has 0 radical (unpaired) electrons. The molecule has 124 valence electrons. The molecule has 1 heterocycles. The Morgan fingerprint density at radius 3 is 2.67 bits per heavy atom. The summed E-state index contributed by atoms with van der Waals surface area (Å²) in [5.74, 6) is -0.509. The first kappa shape index (κ1) is 16.8. The number of allylic oxidation sites excluding steroid dienone is 1. The number of carbonyl (C=O) groups excluding carboxylic acids is 1. The number of amides is 1. The molecule has 0 saturated carbocycles. The van der Waals surface area contributed by atoms with Crippen molar-refractivity contribution in [1.29, 1.82) is 0 Å². The Bertz CT molecular complexity index is 804. The van der Waals surface area contributed by atoms with E-state index in [1.54, 1.807) is 25.1 Å². The van der Waals surface area contributed by atoms with Crippen LogP contribution in [0.25, 0.3) is 0 Å². The van der Waals surface area contributed by atoms with Gasteiger partial charge >= 0.3 is 0 Å². The molecule has 0 atom stereocenters. The van der Waals surface area contributed by atoms with Crippen molar-refractivity contribution in [1.82, 2.24) is 0 Å². The molecule has 4 nitrogen and oxygen atoms in total. The van der Waals surface area contributed by atoms with Crippen molar-refractivity contribution in [2.45, 2.75) is 6.92 Å². The molecule has 0 aliphatic carbocycles. The highest BCUT2D eigenvalue weighted by Crippen LogP contribution is 2.35. The van der Waals surface area contributed by atoms with E-state index in [2.05, 4.69) is 21.2 Å². The third-order valence-electron chi connectivity index (χ3n) is 3.54. The second kappa shape index (κ2) is 6.83. The van der Waals surface area contributed by atoms with Crippen LogP contribution in [0.2, 0.25) is 5.02 Å². The van der Waals surface area contributed by atoms with Gasteiger partial charge in [0.1, 0.15) is 17.3 Å². The van der Waals surface area contributed by atoms with Crippen LogP contribution in [-0.4, -0.2) is 12.6 Å². The minimum Gasteiger partial charge on any atom is -0.475 e. The summed E-state index contributed by atoms with van der Waals surface area (Å²) in [6, 6.07) is 11.5. The van der Waals surface area contributed by atoms with Crippen LogP contribution in [0.5, 0.6) is 0 Å². The Morgan fingerprint density at radius 1 is 1.29 bits per heavy atom. The molecular weight excluding hydrogens is 399 g/mol. The maximum absolute atomic E-state index is 14.2. The predicted molar refractivity (Wildman–Crippen MR) is 95.3 cm³/mol. The fourth-order valence-electron chi connectivity index (χ4n) is 2.41. The summed E-state index contributed by atoms with van der Waals surface area (Å²) in [4.78, 5) is 14.1. The first-order chi connectivity index (χ1) is 11.5. The van der Waals surface area contributed by atoms with Crippen LogP contribution in [0.4, 0.5) is 15.8 Å². The van der Waals surface area contributed by atoms with E-state index < -0.39 is 11.7 Å². The quantitative estimate of drug-likeness (QED) is 0.780. The van der Waals surface area contributed by atoms with Crippen LogP contribution in [0.15, 0.2) is 58.4 Å². The van der Waals surface area contributed by atoms with Gasteiger partial charge in [-0.2, -0.15) is 0 Å². The van der Waals surface area contributed by atoms with Crippen LogP contribution < -0.4 is 10.2 Å². The van der Waals surface area contributed by atoms with Crippen molar-refractivity contribution >= 4 is 44.8 Å². The molecule has 0 unspecified atom stereocenters. The van der Waals surface area contributed by atoms with Gasteiger partial charge in [0, 0.05) is 10.2 Å². The fraction of sp³-hybridized carbons (Fsp3) is 0.118. The standard InChI is InChI=1S/C17H13BrClFN2O2/c1-10-15(17(23)21-12-7-5-11(18)6-8-12)22(9-24-10)16-13(19)3-2-4-14(16)20/h2-8H,9H2,1H3,(H,21,23). The maximum atomic E-state index is 14.2. The number of hydrogen-bond acceptors (Lipinski definition) is 3. The third-order valence-corrected chi connectivity index (χ3v) is 4.37. The van der Waals surface area contributed by atoms with E-state index in [1.807, 2.05) is 12.1 Å². The summed E-state index contributed by atoms with van der Waals surface area (Å²) in [7, 11) is 0. The van der Waals surface area contributed by atoms with Gasteiger partial charge in [0.2, 0.25) is 0 Å². The second-order valence-corrected chi connectivity index (χ2v) is 6.46. The van der Waals surface area contributed by atoms with Gasteiger partial charge in [-0.1, -0.05) is 33.6 Å². The van der Waals surface area contributed by atoms with Gasteiger partial charge in [0.05, 0.1) is 10.7 Å². The van der Waals surface area contributed by atoms with Crippen LogP contribution in [0.1, 0.15) is 6.92 Å². The Balaban J connectivity index is 1.91.